The maximum atomic E-state index is 12.5. The van der Waals surface area contributed by atoms with Crippen LogP contribution in [0.4, 0.5) is 4.79 Å². The van der Waals surface area contributed by atoms with Gasteiger partial charge >= 0.3 is 12.0 Å². The average Bonchev–Trinajstić information content (AvgIpc) is 3.05. The van der Waals surface area contributed by atoms with Crippen LogP contribution in [0.3, 0.4) is 0 Å². The molecule has 1 unspecified atom stereocenters. The second-order valence-corrected chi connectivity index (χ2v) is 6.16. The number of aliphatic carboxylic acids is 1. The number of rotatable bonds is 5. The number of carbonyl (C=O) groups is 2. The molecular weight excluding hydrogens is 244 g/mol. The fourth-order valence-electron chi connectivity index (χ4n) is 2.54. The molecule has 1 saturated carbocycles. The van der Waals surface area contributed by atoms with Gasteiger partial charge in [0.05, 0.1) is 5.92 Å². The number of nitrogens with zero attached hydrogens (tertiary/aromatic N) is 2. The highest BCUT2D eigenvalue weighted by atomic mass is 16.4. The Morgan fingerprint density at radius 1 is 1.32 bits per heavy atom. The minimum atomic E-state index is -0.782. The maximum Gasteiger partial charge on any atom is 0.320 e. The third-order valence-electron chi connectivity index (χ3n) is 3.99. The van der Waals surface area contributed by atoms with E-state index in [1.54, 1.807) is 4.90 Å². The monoisotopic (exact) mass is 268 g/mol. The van der Waals surface area contributed by atoms with Gasteiger partial charge in [-0.05, 0) is 31.6 Å². The number of carbonyl (C=O) groups excluding carboxylic acids is 1. The highest BCUT2D eigenvalue weighted by Crippen LogP contribution is 2.29. The predicted molar refractivity (Wildman–Crippen MR) is 71.9 cm³/mol. The molecule has 19 heavy (non-hydrogen) atoms. The zero-order chi connectivity index (χ0) is 14.0. The van der Waals surface area contributed by atoms with Gasteiger partial charge in [0.25, 0.3) is 0 Å². The van der Waals surface area contributed by atoms with Crippen molar-refractivity contribution in [3.63, 3.8) is 0 Å². The summed E-state index contributed by atoms with van der Waals surface area (Å²) in [4.78, 5) is 27.1. The van der Waals surface area contributed by atoms with E-state index in [0.29, 0.717) is 31.5 Å². The van der Waals surface area contributed by atoms with Crippen molar-refractivity contribution in [1.82, 2.24) is 9.80 Å². The van der Waals surface area contributed by atoms with Crippen molar-refractivity contribution < 1.29 is 14.7 Å². The quantitative estimate of drug-likeness (QED) is 0.830. The molecule has 0 bridgehead atoms. The number of amides is 2. The Labute approximate surface area is 114 Å². The third kappa shape index (κ3) is 3.61. The fourth-order valence-corrected chi connectivity index (χ4v) is 2.54. The van der Waals surface area contributed by atoms with E-state index in [1.165, 1.54) is 0 Å². The van der Waals surface area contributed by atoms with E-state index in [4.69, 9.17) is 5.11 Å². The third-order valence-corrected chi connectivity index (χ3v) is 3.99. The van der Waals surface area contributed by atoms with Gasteiger partial charge in [-0.25, -0.2) is 4.79 Å². The molecule has 2 fully saturated rings. The molecule has 0 radical (unpaired) electrons. The van der Waals surface area contributed by atoms with Crippen LogP contribution >= 0.6 is 0 Å². The molecule has 1 aliphatic heterocycles. The summed E-state index contributed by atoms with van der Waals surface area (Å²) in [5.74, 6) is -0.579. The van der Waals surface area contributed by atoms with Crippen LogP contribution in [-0.2, 0) is 4.79 Å². The van der Waals surface area contributed by atoms with Crippen molar-refractivity contribution in [2.75, 3.05) is 19.6 Å². The summed E-state index contributed by atoms with van der Waals surface area (Å²) in [6.07, 6.45) is 3.79. The van der Waals surface area contributed by atoms with Gasteiger partial charge in [0.15, 0.2) is 0 Å². The van der Waals surface area contributed by atoms with Gasteiger partial charge in [0.2, 0.25) is 0 Å². The van der Waals surface area contributed by atoms with Crippen LogP contribution in [0, 0.1) is 11.8 Å². The second-order valence-electron chi connectivity index (χ2n) is 6.16. The van der Waals surface area contributed by atoms with Crippen LogP contribution in [0.5, 0.6) is 0 Å². The van der Waals surface area contributed by atoms with E-state index < -0.39 is 5.97 Å². The van der Waals surface area contributed by atoms with Crippen molar-refractivity contribution in [1.29, 1.82) is 0 Å². The van der Waals surface area contributed by atoms with Crippen LogP contribution in [0.1, 0.15) is 39.5 Å². The molecule has 0 aromatic carbocycles. The number of urea groups is 1. The molecular formula is C14H24N2O3. The molecule has 5 heteroatoms. The largest absolute Gasteiger partial charge is 0.481 e. The lowest BCUT2D eigenvalue weighted by molar-refractivity contribution is -0.141. The van der Waals surface area contributed by atoms with Crippen LogP contribution in [0.15, 0.2) is 0 Å². The maximum absolute atomic E-state index is 12.5. The zero-order valence-corrected chi connectivity index (χ0v) is 11.8. The van der Waals surface area contributed by atoms with Crippen molar-refractivity contribution in [2.45, 2.75) is 45.6 Å². The zero-order valence-electron chi connectivity index (χ0n) is 11.8. The average molecular weight is 268 g/mol. The molecule has 5 nitrogen and oxygen atoms in total. The number of hydrogen-bond acceptors (Lipinski definition) is 2. The fraction of sp³-hybridized carbons (Fsp3) is 0.857. The smallest absolute Gasteiger partial charge is 0.320 e. The summed E-state index contributed by atoms with van der Waals surface area (Å²) in [5, 5.41) is 9.00. The lowest BCUT2D eigenvalue weighted by atomic mass is 10.1. The Hall–Kier alpha value is -1.26. The van der Waals surface area contributed by atoms with Crippen LogP contribution in [-0.4, -0.2) is 52.6 Å². The molecule has 1 N–H and O–H groups in total. The Morgan fingerprint density at radius 3 is 2.47 bits per heavy atom. The molecule has 2 aliphatic rings. The Bertz CT molecular complexity index is 353. The van der Waals surface area contributed by atoms with E-state index in [2.05, 4.69) is 13.8 Å². The lowest BCUT2D eigenvalue weighted by Gasteiger charge is -2.28. The minimum Gasteiger partial charge on any atom is -0.481 e. The summed E-state index contributed by atoms with van der Waals surface area (Å²) in [6.45, 7) is 6.08. The number of carboxylic acid groups (broad SMARTS) is 1. The molecule has 0 aromatic rings. The summed E-state index contributed by atoms with van der Waals surface area (Å²) in [6, 6.07) is 0.446. The Balaban J connectivity index is 1.90. The lowest BCUT2D eigenvalue weighted by Crippen LogP contribution is -2.44. The molecule has 1 atom stereocenters. The molecule has 2 rings (SSSR count). The van der Waals surface area contributed by atoms with E-state index in [-0.39, 0.29) is 11.9 Å². The molecule has 0 aromatic heterocycles. The molecule has 1 heterocycles. The van der Waals surface area contributed by atoms with Crippen LogP contribution < -0.4 is 0 Å². The highest BCUT2D eigenvalue weighted by Gasteiger charge is 2.38. The first-order chi connectivity index (χ1) is 8.99. The van der Waals surface area contributed by atoms with Gasteiger partial charge in [0.1, 0.15) is 0 Å². The van der Waals surface area contributed by atoms with Crippen molar-refractivity contribution in [3.8, 4) is 0 Å². The molecule has 108 valence electrons. The molecule has 1 aliphatic carbocycles. The summed E-state index contributed by atoms with van der Waals surface area (Å²) in [5.41, 5.74) is 0. The van der Waals surface area contributed by atoms with Crippen molar-refractivity contribution in [3.05, 3.63) is 0 Å². The van der Waals surface area contributed by atoms with Gasteiger partial charge in [0, 0.05) is 25.7 Å². The van der Waals surface area contributed by atoms with Gasteiger partial charge in [-0.3, -0.25) is 4.79 Å². The first-order valence-corrected chi connectivity index (χ1v) is 7.27. The van der Waals surface area contributed by atoms with Crippen LogP contribution in [0.2, 0.25) is 0 Å². The summed E-state index contributed by atoms with van der Waals surface area (Å²) >= 11 is 0. The molecule has 2 amide bonds. The predicted octanol–water partition coefficient (Wildman–Crippen LogP) is 2.02. The van der Waals surface area contributed by atoms with E-state index >= 15 is 0 Å². The molecule has 0 spiro atoms. The van der Waals surface area contributed by atoms with Crippen molar-refractivity contribution >= 4 is 12.0 Å². The molecule has 1 saturated heterocycles. The standard InChI is InChI=1S/C14H24N2O3/c1-10(2)5-8-16(12-3-4-12)14(19)15-7-6-11(9-15)13(17)18/h10-12H,3-9H2,1-2H3,(H,17,18). The number of hydrogen-bond donors (Lipinski definition) is 1. The number of carboxylic acids is 1. The topological polar surface area (TPSA) is 60.9 Å². The van der Waals surface area contributed by atoms with Gasteiger partial charge in [-0.15, -0.1) is 0 Å². The second kappa shape index (κ2) is 5.80. The van der Waals surface area contributed by atoms with E-state index in [9.17, 15) is 9.59 Å². The van der Waals surface area contributed by atoms with Gasteiger partial charge in [-0.2, -0.15) is 0 Å². The SMILES string of the molecule is CC(C)CCN(C(=O)N1CCC(C(=O)O)C1)C1CC1. The van der Waals surface area contributed by atoms with Gasteiger partial charge < -0.3 is 14.9 Å². The Morgan fingerprint density at radius 2 is 2.00 bits per heavy atom. The Kier molecular flexibility index (Phi) is 4.32. The van der Waals surface area contributed by atoms with Crippen LogP contribution in [0.25, 0.3) is 0 Å². The van der Waals surface area contributed by atoms with E-state index in [1.807, 2.05) is 4.90 Å². The summed E-state index contributed by atoms with van der Waals surface area (Å²) in [7, 11) is 0. The van der Waals surface area contributed by atoms with Crippen molar-refractivity contribution in [2.24, 2.45) is 11.8 Å². The minimum absolute atomic E-state index is 0.0481. The summed E-state index contributed by atoms with van der Waals surface area (Å²) < 4.78 is 0. The first kappa shape index (κ1) is 14.2. The highest BCUT2D eigenvalue weighted by molar-refractivity contribution is 5.78. The number of likely N-dealkylation sites (tertiary alicyclic amines) is 1. The van der Waals surface area contributed by atoms with E-state index in [0.717, 1.165) is 25.8 Å². The first-order valence-electron chi connectivity index (χ1n) is 7.27. The normalized spacial score (nSPS) is 22.9. The van der Waals surface area contributed by atoms with Gasteiger partial charge in [-0.1, -0.05) is 13.8 Å².